The zero-order valence-electron chi connectivity index (χ0n) is 17.9. The first-order chi connectivity index (χ1) is 16.6. The second-order valence-electron chi connectivity index (χ2n) is 7.73. The van der Waals surface area contributed by atoms with Gasteiger partial charge < -0.3 is 10.6 Å². The van der Waals surface area contributed by atoms with Crippen molar-refractivity contribution in [3.05, 3.63) is 77.4 Å². The van der Waals surface area contributed by atoms with Gasteiger partial charge in [-0.1, -0.05) is 30.0 Å². The summed E-state index contributed by atoms with van der Waals surface area (Å²) in [5.74, 6) is -0.0749. The Morgan fingerprint density at radius 3 is 2.56 bits per heavy atom. The Balaban J connectivity index is 1.25. The molecule has 0 saturated heterocycles. The predicted molar refractivity (Wildman–Crippen MR) is 132 cm³/mol. The molecule has 34 heavy (non-hydrogen) atoms. The first-order valence-electron chi connectivity index (χ1n) is 10.7. The van der Waals surface area contributed by atoms with Crippen molar-refractivity contribution in [1.82, 2.24) is 14.8 Å². The molecule has 2 aromatic heterocycles. The van der Waals surface area contributed by atoms with Crippen molar-refractivity contribution in [2.75, 3.05) is 16.4 Å². The highest BCUT2D eigenvalue weighted by Crippen LogP contribution is 2.41. The summed E-state index contributed by atoms with van der Waals surface area (Å²) in [6, 6.07) is 16.6. The molecule has 1 aliphatic carbocycles. The summed E-state index contributed by atoms with van der Waals surface area (Å²) in [5.41, 5.74) is 1.17. The number of hydrogen-bond donors (Lipinski definition) is 2. The van der Waals surface area contributed by atoms with E-state index in [0.717, 1.165) is 23.5 Å². The van der Waals surface area contributed by atoms with Gasteiger partial charge in [0.25, 0.3) is 5.91 Å². The van der Waals surface area contributed by atoms with Crippen LogP contribution in [0.4, 0.5) is 15.8 Å². The van der Waals surface area contributed by atoms with Gasteiger partial charge in [-0.3, -0.25) is 14.2 Å². The maximum absolute atomic E-state index is 13.1. The summed E-state index contributed by atoms with van der Waals surface area (Å²) in [6.07, 6.45) is 2.15. The fourth-order valence-electron chi connectivity index (χ4n) is 3.45. The number of thioether (sulfide) groups is 1. The second kappa shape index (κ2) is 9.78. The van der Waals surface area contributed by atoms with Crippen LogP contribution in [0.2, 0.25) is 0 Å². The van der Waals surface area contributed by atoms with Crippen molar-refractivity contribution in [1.29, 1.82) is 0 Å². The number of anilines is 2. The molecule has 2 N–H and O–H groups in total. The van der Waals surface area contributed by atoms with E-state index in [4.69, 9.17) is 0 Å². The summed E-state index contributed by atoms with van der Waals surface area (Å²) in [5, 5.41) is 16.9. The highest BCUT2D eigenvalue weighted by molar-refractivity contribution is 7.99. The zero-order chi connectivity index (χ0) is 23.5. The van der Waals surface area contributed by atoms with E-state index in [9.17, 15) is 14.0 Å². The summed E-state index contributed by atoms with van der Waals surface area (Å²) >= 11 is 2.94. The van der Waals surface area contributed by atoms with Crippen molar-refractivity contribution < 1.29 is 14.0 Å². The maximum Gasteiger partial charge on any atom is 0.257 e. The standard InChI is InChI=1S/C24H20FN5O2S2/c25-15-7-9-16(10-8-15)26-23(32)18-4-1-2-5-19(18)27-21(31)14-34-24-29-28-22(20-6-3-13-33-20)30(24)17-11-12-17/h1-10,13,17H,11-12,14H2,(H,26,32)(H,27,31). The Bertz CT molecular complexity index is 1320. The molecular formula is C24H20FN5O2S2. The molecule has 2 amide bonds. The molecule has 2 heterocycles. The quantitative estimate of drug-likeness (QED) is 0.318. The van der Waals surface area contributed by atoms with E-state index >= 15 is 0 Å². The highest BCUT2D eigenvalue weighted by atomic mass is 32.2. The molecule has 2 aromatic carbocycles. The molecule has 1 fully saturated rings. The zero-order valence-corrected chi connectivity index (χ0v) is 19.5. The summed E-state index contributed by atoms with van der Waals surface area (Å²) in [4.78, 5) is 26.5. The lowest BCUT2D eigenvalue weighted by Crippen LogP contribution is -2.19. The van der Waals surface area contributed by atoms with Crippen LogP contribution in [0.15, 0.2) is 71.2 Å². The number of hydrogen-bond acceptors (Lipinski definition) is 6. The smallest absolute Gasteiger partial charge is 0.257 e. The van der Waals surface area contributed by atoms with Gasteiger partial charge in [0.2, 0.25) is 5.91 Å². The van der Waals surface area contributed by atoms with Gasteiger partial charge in [-0.2, -0.15) is 0 Å². The van der Waals surface area contributed by atoms with Gasteiger partial charge >= 0.3 is 0 Å². The normalized spacial score (nSPS) is 13.0. The molecule has 0 radical (unpaired) electrons. The molecule has 0 atom stereocenters. The van der Waals surface area contributed by atoms with E-state index in [-0.39, 0.29) is 17.5 Å². The third kappa shape index (κ3) is 5.02. The maximum atomic E-state index is 13.1. The fourth-order valence-corrected chi connectivity index (χ4v) is 4.96. The van der Waals surface area contributed by atoms with Crippen LogP contribution in [-0.4, -0.2) is 32.3 Å². The van der Waals surface area contributed by atoms with Gasteiger partial charge in [0.1, 0.15) is 5.82 Å². The third-order valence-electron chi connectivity index (χ3n) is 5.20. The molecule has 0 unspecified atom stereocenters. The predicted octanol–water partition coefficient (Wildman–Crippen LogP) is 5.46. The Morgan fingerprint density at radius 1 is 1.03 bits per heavy atom. The number of nitrogens with zero attached hydrogens (tertiary/aromatic N) is 3. The molecule has 1 aliphatic rings. The second-order valence-corrected chi connectivity index (χ2v) is 9.62. The van der Waals surface area contributed by atoms with Crippen LogP contribution in [0.25, 0.3) is 10.7 Å². The molecule has 4 aromatic rings. The minimum Gasteiger partial charge on any atom is -0.325 e. The van der Waals surface area contributed by atoms with Crippen LogP contribution in [0.3, 0.4) is 0 Å². The average molecular weight is 494 g/mol. The minimum absolute atomic E-state index is 0.128. The molecule has 7 nitrogen and oxygen atoms in total. The number of thiophene rings is 1. The van der Waals surface area contributed by atoms with E-state index in [1.54, 1.807) is 35.6 Å². The fraction of sp³-hybridized carbons (Fsp3) is 0.167. The summed E-state index contributed by atoms with van der Waals surface area (Å²) in [6.45, 7) is 0. The van der Waals surface area contributed by atoms with E-state index < -0.39 is 5.91 Å². The number of benzene rings is 2. The van der Waals surface area contributed by atoms with E-state index in [0.29, 0.717) is 28.1 Å². The van der Waals surface area contributed by atoms with Gasteiger partial charge in [-0.15, -0.1) is 21.5 Å². The Morgan fingerprint density at radius 2 is 1.82 bits per heavy atom. The van der Waals surface area contributed by atoms with Crippen LogP contribution < -0.4 is 10.6 Å². The van der Waals surface area contributed by atoms with Crippen LogP contribution in [0.5, 0.6) is 0 Å². The van der Waals surface area contributed by atoms with Crippen molar-refractivity contribution in [3.63, 3.8) is 0 Å². The molecule has 0 bridgehead atoms. The van der Waals surface area contributed by atoms with Crippen LogP contribution in [0, 0.1) is 5.82 Å². The summed E-state index contributed by atoms with van der Waals surface area (Å²) in [7, 11) is 0. The van der Waals surface area contributed by atoms with E-state index in [1.165, 1.54) is 36.0 Å². The first kappa shape index (κ1) is 22.3. The Hall–Kier alpha value is -3.50. The average Bonchev–Trinajstić information content (AvgIpc) is 3.35. The van der Waals surface area contributed by atoms with Crippen LogP contribution in [-0.2, 0) is 4.79 Å². The molecule has 5 rings (SSSR count). The Labute approximate surface area is 203 Å². The number of carbonyl (C=O) groups excluding carboxylic acids is 2. The van der Waals surface area contributed by atoms with Crippen molar-refractivity contribution in [3.8, 4) is 10.7 Å². The van der Waals surface area contributed by atoms with Crippen molar-refractivity contribution in [2.45, 2.75) is 24.0 Å². The van der Waals surface area contributed by atoms with Crippen molar-refractivity contribution in [2.24, 2.45) is 0 Å². The minimum atomic E-state index is -0.399. The number of para-hydroxylation sites is 1. The monoisotopic (exact) mass is 493 g/mol. The van der Waals surface area contributed by atoms with Gasteiger partial charge in [-0.05, 0) is 60.7 Å². The number of halogens is 1. The molecule has 0 aliphatic heterocycles. The van der Waals surface area contributed by atoms with Crippen molar-refractivity contribution >= 4 is 46.3 Å². The summed E-state index contributed by atoms with van der Waals surface area (Å²) < 4.78 is 15.2. The molecule has 172 valence electrons. The largest absolute Gasteiger partial charge is 0.325 e. The molecule has 10 heteroatoms. The topological polar surface area (TPSA) is 88.9 Å². The van der Waals surface area contributed by atoms with Gasteiger partial charge in [-0.25, -0.2) is 4.39 Å². The number of aromatic nitrogens is 3. The lowest BCUT2D eigenvalue weighted by Gasteiger charge is -2.12. The number of amides is 2. The highest BCUT2D eigenvalue weighted by Gasteiger charge is 2.30. The lowest BCUT2D eigenvalue weighted by atomic mass is 10.1. The van der Waals surface area contributed by atoms with Gasteiger partial charge in [0, 0.05) is 11.7 Å². The van der Waals surface area contributed by atoms with Crippen LogP contribution in [0.1, 0.15) is 29.2 Å². The van der Waals surface area contributed by atoms with E-state index in [2.05, 4.69) is 25.4 Å². The van der Waals surface area contributed by atoms with Gasteiger partial charge in [0.15, 0.2) is 11.0 Å². The third-order valence-corrected chi connectivity index (χ3v) is 7.01. The molecular weight excluding hydrogens is 473 g/mol. The van der Waals surface area contributed by atoms with E-state index in [1.807, 2.05) is 17.5 Å². The van der Waals surface area contributed by atoms with Gasteiger partial charge in [0.05, 0.1) is 21.9 Å². The van der Waals surface area contributed by atoms with Crippen LogP contribution >= 0.6 is 23.1 Å². The number of carbonyl (C=O) groups is 2. The molecule has 0 spiro atoms. The number of rotatable bonds is 8. The Kier molecular flexibility index (Phi) is 6.41. The molecule has 1 saturated carbocycles. The lowest BCUT2D eigenvalue weighted by molar-refractivity contribution is -0.113. The first-order valence-corrected chi connectivity index (χ1v) is 12.5. The number of nitrogens with one attached hydrogen (secondary N) is 2. The SMILES string of the molecule is O=C(CSc1nnc(-c2cccs2)n1C1CC1)Nc1ccccc1C(=O)Nc1ccc(F)cc1.